The number of urea groups is 1. The first-order valence-electron chi connectivity index (χ1n) is 13.5. The molecule has 1 spiro atoms. The minimum absolute atomic E-state index is 0.00222. The average Bonchev–Trinajstić information content (AvgIpc) is 3.59. The van der Waals surface area contributed by atoms with Crippen LogP contribution in [0.4, 0.5) is 4.79 Å². The third-order valence-electron chi connectivity index (χ3n) is 8.81. The van der Waals surface area contributed by atoms with Crippen LogP contribution in [0.15, 0.2) is 23.2 Å². The number of imide groups is 1. The van der Waals surface area contributed by atoms with Crippen LogP contribution >= 0.6 is 0 Å². The van der Waals surface area contributed by atoms with Gasteiger partial charge in [-0.05, 0) is 37.3 Å². The van der Waals surface area contributed by atoms with E-state index in [1.54, 1.807) is 17.0 Å². The number of guanidine groups is 2. The van der Waals surface area contributed by atoms with Gasteiger partial charge in [-0.15, -0.1) is 0 Å². The number of nitrogens with two attached hydrogens (primary N) is 2. The highest BCUT2D eigenvalue weighted by Crippen LogP contribution is 2.42. The molecule has 5 heterocycles. The SMILES string of the molecule is NC1=N[C@@H](CN2C(=O)CN(C3CC3)C2=O)[C@@H]2[NH+]=C(N)N[C@]23N1CC(NC(=O)c1cccc2c1OCCC2)C3(O)O. The van der Waals surface area contributed by atoms with Crippen molar-refractivity contribution in [3.05, 3.63) is 29.3 Å². The van der Waals surface area contributed by atoms with E-state index in [2.05, 4.69) is 20.6 Å². The van der Waals surface area contributed by atoms with Gasteiger partial charge in [0.2, 0.25) is 11.7 Å². The third kappa shape index (κ3) is 3.40. The lowest BCUT2D eigenvalue weighted by Gasteiger charge is -2.46. The third-order valence-corrected chi connectivity index (χ3v) is 8.81. The van der Waals surface area contributed by atoms with Gasteiger partial charge in [0.25, 0.3) is 11.6 Å². The second kappa shape index (κ2) is 8.44. The summed E-state index contributed by atoms with van der Waals surface area (Å²) in [6, 6.07) is 1.96. The molecule has 1 unspecified atom stereocenters. The molecule has 212 valence electrons. The van der Waals surface area contributed by atoms with Gasteiger partial charge in [0, 0.05) is 6.04 Å². The summed E-state index contributed by atoms with van der Waals surface area (Å²) in [4.78, 5) is 50.8. The van der Waals surface area contributed by atoms with Crippen molar-refractivity contribution in [2.24, 2.45) is 16.5 Å². The topological polar surface area (TPSA) is 213 Å². The van der Waals surface area contributed by atoms with Gasteiger partial charge in [-0.3, -0.25) is 30.1 Å². The normalized spacial score (nSPS) is 32.0. The first kappa shape index (κ1) is 24.9. The zero-order chi connectivity index (χ0) is 28.0. The van der Waals surface area contributed by atoms with Crippen molar-refractivity contribution in [1.29, 1.82) is 0 Å². The largest absolute Gasteiger partial charge is 0.492 e. The molecule has 1 aromatic rings. The van der Waals surface area contributed by atoms with Crippen molar-refractivity contribution in [1.82, 2.24) is 25.3 Å². The molecule has 1 aliphatic carbocycles. The lowest BCUT2D eigenvalue weighted by molar-refractivity contribution is -0.521. The highest BCUT2D eigenvalue weighted by atomic mass is 16.5. The molecule has 0 radical (unpaired) electrons. The van der Waals surface area contributed by atoms with Crippen LogP contribution in [0.5, 0.6) is 5.75 Å². The van der Waals surface area contributed by atoms with Gasteiger partial charge in [0.05, 0.1) is 25.3 Å². The standard InChI is InChI=1S/C25H31N9O6/c26-21-30-19-15(9-33-17(35)11-32(23(33)37)13-6-7-13)28-22(27)34-10-16(25(38,39)24(19,34)31-21)29-20(36)14-5-1-3-12-4-2-8-40-18(12)14/h1,3,5,13,15-16,19,38-39H,2,4,6-11H2,(H2,27,28)(H,29,36)(H3,26,30,31)/p+1/t15-,16?,19-,24-/m0/s1. The lowest BCUT2D eigenvalue weighted by atomic mass is 9.84. The highest BCUT2D eigenvalue weighted by Gasteiger charge is 2.76. The van der Waals surface area contributed by atoms with Crippen molar-refractivity contribution in [3.63, 3.8) is 0 Å². The molecule has 4 atom stereocenters. The van der Waals surface area contributed by atoms with E-state index in [-0.39, 0.29) is 43.5 Å². The second-order valence-electron chi connectivity index (χ2n) is 11.2. The Kier molecular flexibility index (Phi) is 5.26. The van der Waals surface area contributed by atoms with E-state index >= 15 is 0 Å². The Labute approximate surface area is 228 Å². The number of hydrogen-bond donors (Lipinski definition) is 7. The molecule has 6 aliphatic rings. The number of aliphatic imine (C=N–C) groups is 1. The van der Waals surface area contributed by atoms with Gasteiger partial charge in [-0.25, -0.2) is 15.1 Å². The number of nitrogens with one attached hydrogen (secondary N) is 3. The maximum absolute atomic E-state index is 13.4. The number of hydrogen-bond acceptors (Lipinski definition) is 11. The van der Waals surface area contributed by atoms with Crippen LogP contribution in [-0.2, 0) is 11.2 Å². The van der Waals surface area contributed by atoms with Crippen LogP contribution in [0.3, 0.4) is 0 Å². The van der Waals surface area contributed by atoms with E-state index < -0.39 is 41.5 Å². The smallest absolute Gasteiger partial charge is 0.343 e. The minimum Gasteiger partial charge on any atom is -0.492 e. The Hall–Kier alpha value is -4.11. The minimum atomic E-state index is -2.62. The Morgan fingerprint density at radius 2 is 2.08 bits per heavy atom. The molecule has 5 aliphatic heterocycles. The lowest BCUT2D eigenvalue weighted by Crippen LogP contribution is -2.90. The van der Waals surface area contributed by atoms with Crippen molar-refractivity contribution in [3.8, 4) is 5.75 Å². The van der Waals surface area contributed by atoms with Crippen molar-refractivity contribution in [2.45, 2.75) is 61.3 Å². The molecular formula is C25H32N9O6+. The summed E-state index contributed by atoms with van der Waals surface area (Å²) in [7, 11) is 0. The number of amides is 4. The fourth-order valence-corrected chi connectivity index (χ4v) is 6.72. The van der Waals surface area contributed by atoms with Gasteiger partial charge >= 0.3 is 12.0 Å². The number of fused-ring (bicyclic) bond motifs is 1. The van der Waals surface area contributed by atoms with Gasteiger partial charge in [-0.2, -0.15) is 0 Å². The summed E-state index contributed by atoms with van der Waals surface area (Å²) in [6.45, 7) is 0.252. The summed E-state index contributed by atoms with van der Waals surface area (Å²) in [6.07, 6.45) is 3.35. The Bertz CT molecular complexity index is 1380. The molecule has 4 amide bonds. The van der Waals surface area contributed by atoms with Crippen molar-refractivity contribution >= 4 is 29.8 Å². The van der Waals surface area contributed by atoms with Crippen LogP contribution in [-0.4, -0.2) is 117 Å². The second-order valence-corrected chi connectivity index (χ2v) is 11.2. The molecule has 1 saturated carbocycles. The number of carbonyl (C=O) groups is 3. The average molecular weight is 555 g/mol. The fourth-order valence-electron chi connectivity index (χ4n) is 6.72. The number of nitrogens with zero attached hydrogens (tertiary/aromatic N) is 4. The number of rotatable bonds is 5. The van der Waals surface area contributed by atoms with Gasteiger partial charge in [0.1, 0.15) is 24.4 Å². The predicted molar refractivity (Wildman–Crippen MR) is 137 cm³/mol. The summed E-state index contributed by atoms with van der Waals surface area (Å²) in [5, 5.41) is 29.1. The summed E-state index contributed by atoms with van der Waals surface area (Å²) >= 11 is 0. The van der Waals surface area contributed by atoms with Gasteiger partial charge in [0.15, 0.2) is 12.0 Å². The molecule has 15 heteroatoms. The van der Waals surface area contributed by atoms with E-state index in [4.69, 9.17) is 16.2 Å². The summed E-state index contributed by atoms with van der Waals surface area (Å²) in [5.74, 6) is -3.03. The molecule has 0 aromatic heterocycles. The van der Waals surface area contributed by atoms with Gasteiger partial charge < -0.3 is 30.9 Å². The van der Waals surface area contributed by atoms with E-state index in [9.17, 15) is 24.6 Å². The number of ether oxygens (including phenoxy) is 1. The first-order chi connectivity index (χ1) is 19.1. The maximum atomic E-state index is 13.4. The Balaban J connectivity index is 1.17. The monoisotopic (exact) mass is 554 g/mol. The molecule has 2 saturated heterocycles. The zero-order valence-electron chi connectivity index (χ0n) is 21.7. The number of para-hydroxylation sites is 1. The molecule has 40 heavy (non-hydrogen) atoms. The Morgan fingerprint density at radius 3 is 2.85 bits per heavy atom. The van der Waals surface area contributed by atoms with Crippen LogP contribution in [0.2, 0.25) is 0 Å². The quantitative estimate of drug-likeness (QED) is 0.136. The Morgan fingerprint density at radius 1 is 1.27 bits per heavy atom. The molecule has 3 fully saturated rings. The maximum Gasteiger partial charge on any atom is 0.343 e. The van der Waals surface area contributed by atoms with Crippen LogP contribution in [0, 0.1) is 0 Å². The van der Waals surface area contributed by atoms with Crippen molar-refractivity contribution < 1.29 is 34.3 Å². The molecule has 7 rings (SSSR count). The van der Waals surface area contributed by atoms with E-state index in [1.165, 1.54) is 4.90 Å². The highest BCUT2D eigenvalue weighted by molar-refractivity contribution is 6.02. The number of benzene rings is 1. The molecule has 0 bridgehead atoms. The number of carbonyl (C=O) groups excluding carboxylic acids is 3. The van der Waals surface area contributed by atoms with Crippen LogP contribution in [0.1, 0.15) is 35.2 Å². The zero-order valence-corrected chi connectivity index (χ0v) is 21.7. The number of aliphatic hydroxyl groups is 2. The summed E-state index contributed by atoms with van der Waals surface area (Å²) in [5.41, 5.74) is 11.9. The fraction of sp³-hybridized carbons (Fsp3) is 0.560. The predicted octanol–water partition coefficient (Wildman–Crippen LogP) is -4.71. The summed E-state index contributed by atoms with van der Waals surface area (Å²) < 4.78 is 5.77. The van der Waals surface area contributed by atoms with E-state index in [0.29, 0.717) is 17.9 Å². The van der Waals surface area contributed by atoms with Gasteiger partial charge in [-0.1, -0.05) is 12.1 Å². The molecule has 15 nitrogen and oxygen atoms in total. The molecule has 9 N–H and O–H groups in total. The first-order valence-corrected chi connectivity index (χ1v) is 13.5. The molecular weight excluding hydrogens is 522 g/mol. The van der Waals surface area contributed by atoms with E-state index in [1.807, 2.05) is 6.07 Å². The molecule has 1 aromatic carbocycles. The van der Waals surface area contributed by atoms with E-state index in [0.717, 1.165) is 36.1 Å². The van der Waals surface area contributed by atoms with Crippen LogP contribution < -0.4 is 31.8 Å². The number of aryl methyl sites for hydroxylation is 1. The van der Waals surface area contributed by atoms with Crippen molar-refractivity contribution in [2.75, 3.05) is 26.2 Å². The van der Waals surface area contributed by atoms with Crippen LogP contribution in [0.25, 0.3) is 0 Å².